The molecule has 0 aromatic rings. The average Bonchev–Trinajstić information content (AvgIpc) is 2.28. The van der Waals surface area contributed by atoms with Crippen molar-refractivity contribution in [3.63, 3.8) is 0 Å². The van der Waals surface area contributed by atoms with Gasteiger partial charge in [0, 0.05) is 0 Å². The molecule has 0 spiro atoms. The van der Waals surface area contributed by atoms with Crippen LogP contribution >= 0.6 is 0 Å². The van der Waals surface area contributed by atoms with E-state index in [-0.39, 0.29) is 0 Å². The van der Waals surface area contributed by atoms with E-state index in [4.69, 9.17) is 0 Å². The lowest BCUT2D eigenvalue weighted by atomic mass is 9.72. The number of nitrogens with zero attached hydrogens (tertiary/aromatic N) is 3. The highest BCUT2D eigenvalue weighted by atomic mass is 15.3. The van der Waals surface area contributed by atoms with Gasteiger partial charge in [-0.25, -0.2) is 0 Å². The van der Waals surface area contributed by atoms with Gasteiger partial charge in [-0.3, -0.25) is 0 Å². The van der Waals surface area contributed by atoms with Gasteiger partial charge in [0.1, 0.15) is 0 Å². The molecule has 0 bridgehead atoms. The highest BCUT2D eigenvalue weighted by Gasteiger charge is 2.28. The van der Waals surface area contributed by atoms with Crippen LogP contribution in [-0.2, 0) is 0 Å². The van der Waals surface area contributed by atoms with E-state index in [1.165, 1.54) is 12.8 Å². The Bertz CT molecular complexity index is 229. The first kappa shape index (κ1) is 16.1. The van der Waals surface area contributed by atoms with E-state index in [0.717, 1.165) is 25.6 Å². The van der Waals surface area contributed by atoms with Gasteiger partial charge >= 0.3 is 0 Å². The summed E-state index contributed by atoms with van der Waals surface area (Å²) in [4.78, 5) is 0. The van der Waals surface area contributed by atoms with Crippen molar-refractivity contribution in [2.24, 2.45) is 11.8 Å². The molecule has 0 aromatic carbocycles. The number of hydrogen-bond donors (Lipinski definition) is 0. The van der Waals surface area contributed by atoms with Crippen molar-refractivity contribution < 1.29 is 0 Å². The van der Waals surface area contributed by atoms with Crippen LogP contribution in [0.1, 0.15) is 47.5 Å². The van der Waals surface area contributed by atoms with E-state index in [1.54, 1.807) is 0 Å². The molecule has 1 heterocycles. The van der Waals surface area contributed by atoms with Crippen molar-refractivity contribution in [3.8, 4) is 0 Å². The van der Waals surface area contributed by atoms with Crippen molar-refractivity contribution in [3.05, 3.63) is 0 Å². The molecular weight excluding hydrogens is 219 g/mol. The first-order chi connectivity index (χ1) is 8.55. The van der Waals surface area contributed by atoms with Gasteiger partial charge in [-0.05, 0) is 37.9 Å². The standard InChI is InChI=1S/C12H27B3N3/c1-6-8-16-13-17(9-11(3)4)15-18(14-16)10-12(5)7-2/h11-12H,6-10H2,1-5H3. The molecule has 0 saturated carbocycles. The summed E-state index contributed by atoms with van der Waals surface area (Å²) >= 11 is 0. The minimum atomic E-state index is 0.685. The Morgan fingerprint density at radius 3 is 1.89 bits per heavy atom. The maximum absolute atomic E-state index is 2.34. The Kier molecular flexibility index (Phi) is 7.43. The molecular formula is C12H27B3N3. The van der Waals surface area contributed by atoms with Crippen molar-refractivity contribution in [1.82, 2.24) is 14.2 Å². The predicted molar refractivity (Wildman–Crippen MR) is 82.0 cm³/mol. The molecule has 18 heavy (non-hydrogen) atoms. The van der Waals surface area contributed by atoms with E-state index in [2.05, 4.69) is 71.4 Å². The highest BCUT2D eigenvalue weighted by molar-refractivity contribution is 6.64. The topological polar surface area (TPSA) is 9.72 Å². The van der Waals surface area contributed by atoms with Crippen LogP contribution in [0, 0.1) is 11.8 Å². The molecule has 3 radical (unpaired) electrons. The largest absolute Gasteiger partial charge is 0.365 e. The van der Waals surface area contributed by atoms with Crippen LogP contribution < -0.4 is 0 Å². The fourth-order valence-corrected chi connectivity index (χ4v) is 2.13. The van der Waals surface area contributed by atoms with Gasteiger partial charge < -0.3 is 14.2 Å². The zero-order chi connectivity index (χ0) is 13.5. The van der Waals surface area contributed by atoms with Crippen LogP contribution in [0.15, 0.2) is 0 Å². The van der Waals surface area contributed by atoms with Crippen LogP contribution in [0.4, 0.5) is 0 Å². The van der Waals surface area contributed by atoms with Gasteiger partial charge in [-0.2, -0.15) is 0 Å². The second kappa shape index (κ2) is 8.29. The fraction of sp³-hybridized carbons (Fsp3) is 1.00. The Labute approximate surface area is 116 Å². The van der Waals surface area contributed by atoms with Gasteiger partial charge in [-0.1, -0.05) is 41.0 Å². The third-order valence-electron chi connectivity index (χ3n) is 3.17. The van der Waals surface area contributed by atoms with E-state index in [1.807, 2.05) is 0 Å². The van der Waals surface area contributed by atoms with Crippen LogP contribution in [0.25, 0.3) is 0 Å². The SMILES string of the molecule is CCCN1[B]N(CC(C)C)[B]N(CC(C)CC)[B]1. The Balaban J connectivity index is 2.50. The molecule has 1 saturated heterocycles. The summed E-state index contributed by atoms with van der Waals surface area (Å²) in [6.07, 6.45) is 2.42. The maximum Gasteiger partial charge on any atom is 0.290 e. The first-order valence-electron chi connectivity index (χ1n) is 7.37. The predicted octanol–water partition coefficient (Wildman–Crippen LogP) is 1.62. The van der Waals surface area contributed by atoms with E-state index in [0.29, 0.717) is 5.92 Å². The smallest absolute Gasteiger partial charge is 0.290 e. The summed E-state index contributed by atoms with van der Waals surface area (Å²) < 4.78 is 6.97. The molecule has 0 aromatic heterocycles. The third-order valence-corrected chi connectivity index (χ3v) is 3.17. The zero-order valence-electron chi connectivity index (χ0n) is 12.8. The number of hydrogen-bond acceptors (Lipinski definition) is 3. The third kappa shape index (κ3) is 5.81. The molecule has 99 valence electrons. The lowest BCUT2D eigenvalue weighted by molar-refractivity contribution is 0.400. The Hall–Kier alpha value is 0.0748. The molecule has 0 N–H and O–H groups in total. The van der Waals surface area contributed by atoms with Crippen LogP contribution in [-0.4, -0.2) is 56.4 Å². The van der Waals surface area contributed by atoms with Crippen LogP contribution in [0.5, 0.6) is 0 Å². The molecule has 1 fully saturated rings. The minimum Gasteiger partial charge on any atom is -0.365 e. The lowest BCUT2D eigenvalue weighted by Gasteiger charge is -2.41. The molecule has 1 atom stereocenters. The molecule has 0 amide bonds. The van der Waals surface area contributed by atoms with Gasteiger partial charge in [0.15, 0.2) is 0 Å². The van der Waals surface area contributed by atoms with Gasteiger partial charge in [0.05, 0.1) is 0 Å². The molecule has 1 aliphatic heterocycles. The van der Waals surface area contributed by atoms with Gasteiger partial charge in [-0.15, -0.1) is 0 Å². The normalized spacial score (nSPS) is 20.3. The minimum absolute atomic E-state index is 0.685. The second-order valence-corrected chi connectivity index (χ2v) is 5.89. The Morgan fingerprint density at radius 2 is 1.39 bits per heavy atom. The van der Waals surface area contributed by atoms with E-state index in [9.17, 15) is 0 Å². The van der Waals surface area contributed by atoms with E-state index >= 15 is 0 Å². The summed E-state index contributed by atoms with van der Waals surface area (Å²) in [5, 5.41) is 0. The molecule has 0 aliphatic carbocycles. The van der Waals surface area contributed by atoms with Crippen molar-refractivity contribution in [2.45, 2.75) is 47.5 Å². The van der Waals surface area contributed by atoms with Crippen LogP contribution in [0.2, 0.25) is 0 Å². The molecule has 3 nitrogen and oxygen atoms in total. The molecule has 6 heteroatoms. The maximum atomic E-state index is 2.34. The summed E-state index contributed by atoms with van der Waals surface area (Å²) in [6.45, 7) is 14.6. The van der Waals surface area contributed by atoms with Crippen molar-refractivity contribution in [1.29, 1.82) is 0 Å². The molecule has 1 rings (SSSR count). The quantitative estimate of drug-likeness (QED) is 0.632. The van der Waals surface area contributed by atoms with Gasteiger partial charge in [0.25, 0.3) is 22.6 Å². The monoisotopic (exact) mass is 246 g/mol. The Morgan fingerprint density at radius 1 is 0.833 bits per heavy atom. The summed E-state index contributed by atoms with van der Waals surface area (Å²) in [7, 11) is 6.72. The zero-order valence-corrected chi connectivity index (χ0v) is 12.8. The second-order valence-electron chi connectivity index (χ2n) is 5.89. The van der Waals surface area contributed by atoms with Crippen LogP contribution in [0.3, 0.4) is 0 Å². The summed E-state index contributed by atoms with van der Waals surface area (Å²) in [5.74, 6) is 1.42. The molecule has 1 aliphatic rings. The lowest BCUT2D eigenvalue weighted by Crippen LogP contribution is -2.62. The highest BCUT2D eigenvalue weighted by Crippen LogP contribution is 2.09. The summed E-state index contributed by atoms with van der Waals surface area (Å²) in [5.41, 5.74) is 0. The van der Waals surface area contributed by atoms with Crippen molar-refractivity contribution >= 4 is 22.6 Å². The summed E-state index contributed by atoms with van der Waals surface area (Å²) in [6, 6.07) is 0. The van der Waals surface area contributed by atoms with Gasteiger partial charge in [0.2, 0.25) is 0 Å². The van der Waals surface area contributed by atoms with E-state index < -0.39 is 0 Å². The average molecular weight is 246 g/mol. The van der Waals surface area contributed by atoms with Crippen molar-refractivity contribution in [2.75, 3.05) is 19.6 Å². The number of rotatable bonds is 7. The molecule has 1 unspecified atom stereocenters. The first-order valence-corrected chi connectivity index (χ1v) is 7.37. The fourth-order valence-electron chi connectivity index (χ4n) is 2.13.